The quantitative estimate of drug-likeness (QED) is 0.655. The summed E-state index contributed by atoms with van der Waals surface area (Å²) < 4.78 is 4.79. The zero-order chi connectivity index (χ0) is 12.8. The Hall–Kier alpha value is -1.30. The Morgan fingerprint density at radius 1 is 1.44 bits per heavy atom. The number of nitrogens with one attached hydrogen (secondary N) is 1. The molecule has 0 aliphatic rings. The molecule has 0 radical (unpaired) electrons. The van der Waals surface area contributed by atoms with Gasteiger partial charge in [0, 0.05) is 20.2 Å². The van der Waals surface area contributed by atoms with Crippen LogP contribution in [-0.2, 0) is 9.53 Å². The average molecular weight is 232 g/mol. The van der Waals surface area contributed by atoms with Gasteiger partial charge in [0.25, 0.3) is 0 Å². The lowest BCUT2D eigenvalue weighted by atomic mass is 10.0. The van der Waals surface area contributed by atoms with Gasteiger partial charge < -0.3 is 20.1 Å². The lowest BCUT2D eigenvalue weighted by Gasteiger charge is -2.34. The molecule has 0 rings (SSSR count). The van der Waals surface area contributed by atoms with E-state index in [0.717, 1.165) is 0 Å². The maximum Gasteiger partial charge on any atom is 0.329 e. The number of nitrogens with zero attached hydrogens (tertiary/aromatic N) is 1. The fourth-order valence-corrected chi connectivity index (χ4v) is 1.26. The largest absolute Gasteiger partial charge is 0.480 e. The standard InChI is InChI=1S/C10H20N2O4/c1-5-12(10(2,3)8(13)14)9(15)11-6-7-16-4/h5-7H2,1-4H3,(H,11,15)(H,13,14). The smallest absolute Gasteiger partial charge is 0.329 e. The van der Waals surface area contributed by atoms with Crippen LogP contribution in [0.15, 0.2) is 0 Å². The molecule has 0 spiro atoms. The fourth-order valence-electron chi connectivity index (χ4n) is 1.26. The van der Waals surface area contributed by atoms with E-state index in [2.05, 4.69) is 5.32 Å². The highest BCUT2D eigenvalue weighted by Gasteiger charge is 2.36. The van der Waals surface area contributed by atoms with Gasteiger partial charge in [0.1, 0.15) is 5.54 Å². The van der Waals surface area contributed by atoms with Gasteiger partial charge in [-0.2, -0.15) is 0 Å². The third kappa shape index (κ3) is 3.69. The maximum absolute atomic E-state index is 11.7. The Labute approximate surface area is 95.6 Å². The van der Waals surface area contributed by atoms with Crippen LogP contribution < -0.4 is 5.32 Å². The van der Waals surface area contributed by atoms with E-state index >= 15 is 0 Å². The number of amides is 2. The molecule has 6 heteroatoms. The number of aliphatic carboxylic acids is 1. The van der Waals surface area contributed by atoms with Gasteiger partial charge in [0.05, 0.1) is 6.61 Å². The van der Waals surface area contributed by atoms with E-state index in [0.29, 0.717) is 19.7 Å². The van der Waals surface area contributed by atoms with Gasteiger partial charge >= 0.3 is 12.0 Å². The Kier molecular flexibility index (Phi) is 5.81. The van der Waals surface area contributed by atoms with Crippen molar-refractivity contribution in [3.8, 4) is 0 Å². The van der Waals surface area contributed by atoms with Crippen LogP contribution >= 0.6 is 0 Å². The summed E-state index contributed by atoms with van der Waals surface area (Å²) in [4.78, 5) is 24.0. The summed E-state index contributed by atoms with van der Waals surface area (Å²) in [6.45, 7) is 5.82. The van der Waals surface area contributed by atoms with Crippen LogP contribution in [0.3, 0.4) is 0 Å². The summed E-state index contributed by atoms with van der Waals surface area (Å²) in [5.74, 6) is -1.03. The molecule has 0 aromatic carbocycles. The van der Waals surface area contributed by atoms with Crippen molar-refractivity contribution in [1.29, 1.82) is 0 Å². The van der Waals surface area contributed by atoms with Gasteiger partial charge in [-0.25, -0.2) is 9.59 Å². The van der Waals surface area contributed by atoms with Gasteiger partial charge in [-0.05, 0) is 20.8 Å². The Morgan fingerprint density at radius 3 is 2.38 bits per heavy atom. The molecule has 0 unspecified atom stereocenters. The van der Waals surface area contributed by atoms with Crippen molar-refractivity contribution >= 4 is 12.0 Å². The van der Waals surface area contributed by atoms with E-state index in [1.54, 1.807) is 6.92 Å². The van der Waals surface area contributed by atoms with Crippen LogP contribution in [0.25, 0.3) is 0 Å². The summed E-state index contributed by atoms with van der Waals surface area (Å²) >= 11 is 0. The highest BCUT2D eigenvalue weighted by atomic mass is 16.5. The molecule has 0 aliphatic heterocycles. The average Bonchev–Trinajstić information content (AvgIpc) is 2.18. The highest BCUT2D eigenvalue weighted by Crippen LogP contribution is 2.14. The Balaban J connectivity index is 4.48. The Bertz CT molecular complexity index is 253. The van der Waals surface area contributed by atoms with Gasteiger partial charge in [-0.15, -0.1) is 0 Å². The number of rotatable bonds is 6. The number of likely N-dealkylation sites (N-methyl/N-ethyl adjacent to an activating group) is 1. The van der Waals surface area contributed by atoms with Crippen molar-refractivity contribution in [3.63, 3.8) is 0 Å². The van der Waals surface area contributed by atoms with Gasteiger partial charge in [-0.1, -0.05) is 0 Å². The number of hydrogen-bond donors (Lipinski definition) is 2. The monoisotopic (exact) mass is 232 g/mol. The van der Waals surface area contributed by atoms with Crippen molar-refractivity contribution in [2.24, 2.45) is 0 Å². The van der Waals surface area contributed by atoms with E-state index in [4.69, 9.17) is 9.84 Å². The molecule has 0 bridgehead atoms. The summed E-state index contributed by atoms with van der Waals surface area (Å²) in [5.41, 5.74) is -1.22. The lowest BCUT2D eigenvalue weighted by Crippen LogP contribution is -2.56. The second-order valence-electron chi connectivity index (χ2n) is 3.83. The van der Waals surface area contributed by atoms with E-state index in [1.807, 2.05) is 0 Å². The van der Waals surface area contributed by atoms with Crippen LogP contribution in [-0.4, -0.2) is 54.4 Å². The van der Waals surface area contributed by atoms with Crippen molar-refractivity contribution in [2.45, 2.75) is 26.3 Å². The second kappa shape index (κ2) is 6.32. The number of hydrogen-bond acceptors (Lipinski definition) is 3. The zero-order valence-corrected chi connectivity index (χ0v) is 10.2. The first-order valence-corrected chi connectivity index (χ1v) is 5.15. The molecule has 2 amide bonds. The minimum atomic E-state index is -1.22. The molecule has 16 heavy (non-hydrogen) atoms. The van der Waals surface area contributed by atoms with E-state index < -0.39 is 17.5 Å². The van der Waals surface area contributed by atoms with E-state index in [1.165, 1.54) is 25.9 Å². The molecule has 0 saturated carbocycles. The molecular weight excluding hydrogens is 212 g/mol. The van der Waals surface area contributed by atoms with Crippen LogP contribution in [0, 0.1) is 0 Å². The van der Waals surface area contributed by atoms with Crippen LogP contribution in [0.5, 0.6) is 0 Å². The third-order valence-electron chi connectivity index (χ3n) is 2.34. The molecule has 94 valence electrons. The fraction of sp³-hybridized carbons (Fsp3) is 0.800. The summed E-state index contributed by atoms with van der Waals surface area (Å²) in [5, 5.41) is 11.6. The van der Waals surface area contributed by atoms with Gasteiger partial charge in [-0.3, -0.25) is 0 Å². The molecule has 0 atom stereocenters. The molecule has 0 saturated heterocycles. The number of ether oxygens (including phenoxy) is 1. The second-order valence-corrected chi connectivity index (χ2v) is 3.83. The lowest BCUT2D eigenvalue weighted by molar-refractivity contribution is -0.147. The molecule has 2 N–H and O–H groups in total. The number of carboxylic acid groups (broad SMARTS) is 1. The number of methoxy groups -OCH3 is 1. The SMILES string of the molecule is CCN(C(=O)NCCOC)C(C)(C)C(=O)O. The molecule has 0 aromatic rings. The number of urea groups is 1. The van der Waals surface area contributed by atoms with Crippen molar-refractivity contribution < 1.29 is 19.4 Å². The third-order valence-corrected chi connectivity index (χ3v) is 2.34. The first kappa shape index (κ1) is 14.7. The van der Waals surface area contributed by atoms with Gasteiger partial charge in [0.15, 0.2) is 0 Å². The minimum Gasteiger partial charge on any atom is -0.480 e. The van der Waals surface area contributed by atoms with E-state index in [9.17, 15) is 9.59 Å². The topological polar surface area (TPSA) is 78.9 Å². The number of carboxylic acids is 1. The summed E-state index contributed by atoms with van der Waals surface area (Å²) in [6.07, 6.45) is 0. The number of carbonyl (C=O) groups is 2. The Morgan fingerprint density at radius 2 is 2.00 bits per heavy atom. The summed E-state index contributed by atoms with van der Waals surface area (Å²) in [7, 11) is 1.53. The summed E-state index contributed by atoms with van der Waals surface area (Å²) in [6, 6.07) is -0.396. The predicted molar refractivity (Wildman–Crippen MR) is 59.4 cm³/mol. The molecule has 0 aromatic heterocycles. The van der Waals surface area contributed by atoms with Crippen molar-refractivity contribution in [3.05, 3.63) is 0 Å². The van der Waals surface area contributed by atoms with Crippen molar-refractivity contribution in [2.75, 3.05) is 26.8 Å². The van der Waals surface area contributed by atoms with Crippen LogP contribution in [0.4, 0.5) is 4.79 Å². The maximum atomic E-state index is 11.7. The van der Waals surface area contributed by atoms with Crippen LogP contribution in [0.1, 0.15) is 20.8 Å². The zero-order valence-electron chi connectivity index (χ0n) is 10.2. The molecule has 0 heterocycles. The predicted octanol–water partition coefficient (Wildman–Crippen LogP) is 0.527. The molecule has 0 aliphatic carbocycles. The van der Waals surface area contributed by atoms with Crippen molar-refractivity contribution in [1.82, 2.24) is 10.2 Å². The molecule has 0 fully saturated rings. The molecule has 6 nitrogen and oxygen atoms in total. The first-order chi connectivity index (χ1) is 7.37. The van der Waals surface area contributed by atoms with Crippen LogP contribution in [0.2, 0.25) is 0 Å². The normalized spacial score (nSPS) is 11.0. The highest BCUT2D eigenvalue weighted by molar-refractivity contribution is 5.85. The molecular formula is C10H20N2O4. The first-order valence-electron chi connectivity index (χ1n) is 5.15. The van der Waals surface area contributed by atoms with E-state index in [-0.39, 0.29) is 0 Å². The van der Waals surface area contributed by atoms with Gasteiger partial charge in [0.2, 0.25) is 0 Å². The minimum absolute atomic E-state index is 0.331. The number of carbonyl (C=O) groups excluding carboxylic acids is 1.